The molecule has 0 aromatic heterocycles. The maximum absolute atomic E-state index is 12.0. The second-order valence-electron chi connectivity index (χ2n) is 3.95. The summed E-state index contributed by atoms with van der Waals surface area (Å²) in [6, 6.07) is 4.83. The zero-order valence-electron chi connectivity index (χ0n) is 9.98. The highest BCUT2D eigenvalue weighted by Gasteiger charge is 2.36. The number of benzene rings is 1. The van der Waals surface area contributed by atoms with Crippen molar-refractivity contribution < 1.29 is 14.5 Å². The van der Waals surface area contributed by atoms with Crippen molar-refractivity contribution in [3.8, 4) is 0 Å². The van der Waals surface area contributed by atoms with Gasteiger partial charge in [-0.15, -0.1) is 6.58 Å². The summed E-state index contributed by atoms with van der Waals surface area (Å²) in [5, 5.41) is 10.5. The summed E-state index contributed by atoms with van der Waals surface area (Å²) in [4.78, 5) is 36.1. The largest absolute Gasteiger partial charge is 0.332 e. The van der Waals surface area contributed by atoms with Crippen molar-refractivity contribution in [3.05, 3.63) is 47.0 Å². The minimum absolute atomic E-state index is 0.0121. The van der Waals surface area contributed by atoms with E-state index >= 15 is 0 Å². The number of hydrogen-bond donors (Lipinski definition) is 0. The zero-order chi connectivity index (χ0) is 14.0. The topological polar surface area (TPSA) is 83.8 Å². The molecule has 0 spiro atoms. The number of non-ortho nitro benzene ring substituents is 1. The summed E-state index contributed by atoms with van der Waals surface area (Å²) in [6.45, 7) is 3.79. The Morgan fingerprint density at radius 2 is 1.95 bits per heavy atom. The van der Waals surface area contributed by atoms with Crippen LogP contribution in [0.5, 0.6) is 0 Å². The standard InChI is InChI=1S/C12H11N3O4/c1-2-7-13-8-11(16)14(12(13)17)9-3-5-10(6-4-9)15(18)19/h2-6H,1,7-8H2. The molecule has 7 nitrogen and oxygen atoms in total. The predicted octanol–water partition coefficient (Wildman–Crippen LogP) is 1.55. The molecule has 0 bridgehead atoms. The lowest BCUT2D eigenvalue weighted by Gasteiger charge is -2.15. The van der Waals surface area contributed by atoms with Crippen molar-refractivity contribution in [3.63, 3.8) is 0 Å². The number of carbonyl (C=O) groups is 2. The third kappa shape index (κ3) is 2.30. The van der Waals surface area contributed by atoms with Gasteiger partial charge in [0.05, 0.1) is 10.6 Å². The summed E-state index contributed by atoms with van der Waals surface area (Å²) in [5.41, 5.74) is 0.234. The first-order chi connectivity index (χ1) is 9.04. The molecule has 1 fully saturated rings. The van der Waals surface area contributed by atoms with Crippen LogP contribution in [0.4, 0.5) is 16.2 Å². The Balaban J connectivity index is 2.26. The van der Waals surface area contributed by atoms with Gasteiger partial charge in [0.1, 0.15) is 6.54 Å². The Kier molecular flexibility index (Phi) is 3.28. The molecule has 3 amide bonds. The summed E-state index contributed by atoms with van der Waals surface area (Å²) >= 11 is 0. The molecule has 0 aliphatic carbocycles. The molecule has 1 aliphatic heterocycles. The van der Waals surface area contributed by atoms with Crippen LogP contribution in [-0.2, 0) is 4.79 Å². The molecule has 1 saturated heterocycles. The van der Waals surface area contributed by atoms with Gasteiger partial charge in [-0.05, 0) is 12.1 Å². The van der Waals surface area contributed by atoms with Gasteiger partial charge in [0, 0.05) is 18.7 Å². The van der Waals surface area contributed by atoms with Gasteiger partial charge in [0.2, 0.25) is 0 Å². The zero-order valence-corrected chi connectivity index (χ0v) is 9.98. The molecule has 0 N–H and O–H groups in total. The van der Waals surface area contributed by atoms with Crippen LogP contribution in [0, 0.1) is 10.1 Å². The molecule has 7 heteroatoms. The summed E-state index contributed by atoms with van der Waals surface area (Å²) in [5.74, 6) is -0.360. The Labute approximate surface area is 108 Å². The summed E-state index contributed by atoms with van der Waals surface area (Å²) in [7, 11) is 0. The lowest BCUT2D eigenvalue weighted by molar-refractivity contribution is -0.384. The predicted molar refractivity (Wildman–Crippen MR) is 67.7 cm³/mol. The second-order valence-corrected chi connectivity index (χ2v) is 3.95. The minimum Gasteiger partial charge on any atom is -0.311 e. The van der Waals surface area contributed by atoms with E-state index < -0.39 is 11.0 Å². The van der Waals surface area contributed by atoms with Gasteiger partial charge in [-0.3, -0.25) is 14.9 Å². The number of anilines is 1. The number of nitrogens with zero attached hydrogens (tertiary/aromatic N) is 3. The fraction of sp³-hybridized carbons (Fsp3) is 0.167. The first-order valence-corrected chi connectivity index (χ1v) is 5.52. The average Bonchev–Trinajstić information content (AvgIpc) is 2.65. The van der Waals surface area contributed by atoms with E-state index in [-0.39, 0.29) is 24.7 Å². The fourth-order valence-electron chi connectivity index (χ4n) is 1.83. The molecule has 19 heavy (non-hydrogen) atoms. The van der Waals surface area contributed by atoms with E-state index in [9.17, 15) is 19.7 Å². The molecule has 1 aromatic carbocycles. The number of amides is 3. The van der Waals surface area contributed by atoms with Crippen LogP contribution in [0.25, 0.3) is 0 Å². The molecule has 1 aliphatic rings. The average molecular weight is 261 g/mol. The van der Waals surface area contributed by atoms with E-state index in [1.165, 1.54) is 35.2 Å². The Morgan fingerprint density at radius 1 is 1.32 bits per heavy atom. The first kappa shape index (κ1) is 12.7. The molecule has 0 radical (unpaired) electrons. The highest BCUT2D eigenvalue weighted by molar-refractivity contribution is 6.19. The molecule has 0 atom stereocenters. The lowest BCUT2D eigenvalue weighted by atomic mass is 10.2. The van der Waals surface area contributed by atoms with E-state index in [2.05, 4.69) is 6.58 Å². The Bertz CT molecular complexity index is 553. The van der Waals surface area contributed by atoms with Crippen LogP contribution >= 0.6 is 0 Å². The maximum Gasteiger partial charge on any atom is 0.332 e. The molecule has 0 saturated carbocycles. The van der Waals surface area contributed by atoms with Crippen molar-refractivity contribution in [2.45, 2.75) is 0 Å². The molecule has 0 unspecified atom stereocenters. The molecule has 2 rings (SSSR count). The second kappa shape index (κ2) is 4.89. The van der Waals surface area contributed by atoms with E-state index in [0.717, 1.165) is 4.90 Å². The van der Waals surface area contributed by atoms with Crippen LogP contribution in [0.1, 0.15) is 0 Å². The van der Waals surface area contributed by atoms with Crippen LogP contribution in [0.15, 0.2) is 36.9 Å². The van der Waals surface area contributed by atoms with E-state index in [0.29, 0.717) is 5.69 Å². The highest BCUT2D eigenvalue weighted by atomic mass is 16.6. The number of urea groups is 1. The van der Waals surface area contributed by atoms with Crippen molar-refractivity contribution >= 4 is 23.3 Å². The van der Waals surface area contributed by atoms with Crippen molar-refractivity contribution in [1.29, 1.82) is 0 Å². The monoisotopic (exact) mass is 261 g/mol. The van der Waals surface area contributed by atoms with Crippen molar-refractivity contribution in [1.82, 2.24) is 4.90 Å². The van der Waals surface area contributed by atoms with Crippen molar-refractivity contribution in [2.75, 3.05) is 18.0 Å². The van der Waals surface area contributed by atoms with Gasteiger partial charge in [0.15, 0.2) is 0 Å². The van der Waals surface area contributed by atoms with E-state index in [1.54, 1.807) is 0 Å². The van der Waals surface area contributed by atoms with Crippen LogP contribution < -0.4 is 4.90 Å². The van der Waals surface area contributed by atoms with E-state index in [4.69, 9.17) is 0 Å². The van der Waals surface area contributed by atoms with Crippen molar-refractivity contribution in [2.24, 2.45) is 0 Å². The van der Waals surface area contributed by atoms with Gasteiger partial charge in [-0.1, -0.05) is 6.08 Å². The highest BCUT2D eigenvalue weighted by Crippen LogP contribution is 2.23. The number of imide groups is 1. The quantitative estimate of drug-likeness (QED) is 0.356. The van der Waals surface area contributed by atoms with Crippen LogP contribution in [0.2, 0.25) is 0 Å². The van der Waals surface area contributed by atoms with E-state index in [1.807, 2.05) is 0 Å². The third-order valence-electron chi connectivity index (χ3n) is 2.71. The lowest BCUT2D eigenvalue weighted by Crippen LogP contribution is -2.33. The SMILES string of the molecule is C=CCN1CC(=O)N(c2ccc([N+](=O)[O-])cc2)C1=O. The molecule has 1 heterocycles. The van der Waals surface area contributed by atoms with Gasteiger partial charge in [-0.25, -0.2) is 9.69 Å². The third-order valence-corrected chi connectivity index (χ3v) is 2.71. The van der Waals surface area contributed by atoms with Crippen LogP contribution in [-0.4, -0.2) is 34.9 Å². The summed E-state index contributed by atoms with van der Waals surface area (Å²) in [6.07, 6.45) is 1.53. The number of nitro benzene ring substituents is 1. The first-order valence-electron chi connectivity index (χ1n) is 5.52. The number of nitro groups is 1. The fourth-order valence-corrected chi connectivity index (χ4v) is 1.83. The normalized spacial score (nSPS) is 14.9. The van der Waals surface area contributed by atoms with Gasteiger partial charge in [0.25, 0.3) is 11.6 Å². The molecular formula is C12H11N3O4. The minimum atomic E-state index is -0.540. The smallest absolute Gasteiger partial charge is 0.311 e. The molecule has 1 aromatic rings. The van der Waals surface area contributed by atoms with Gasteiger partial charge < -0.3 is 4.90 Å². The maximum atomic E-state index is 12.0. The summed E-state index contributed by atoms with van der Waals surface area (Å²) < 4.78 is 0. The molecular weight excluding hydrogens is 250 g/mol. The van der Waals surface area contributed by atoms with Gasteiger partial charge >= 0.3 is 6.03 Å². The molecule has 98 valence electrons. The number of carbonyl (C=O) groups excluding carboxylic acids is 2. The van der Waals surface area contributed by atoms with Crippen LogP contribution in [0.3, 0.4) is 0 Å². The van der Waals surface area contributed by atoms with Gasteiger partial charge in [-0.2, -0.15) is 0 Å². The Morgan fingerprint density at radius 3 is 2.47 bits per heavy atom. The number of rotatable bonds is 4. The Hall–Kier alpha value is -2.70. The number of hydrogen-bond acceptors (Lipinski definition) is 4.